The topological polar surface area (TPSA) is 72.2 Å². The Kier molecular flexibility index (Phi) is 4.62. The third kappa shape index (κ3) is 4.07. The molecule has 6 heteroatoms. The van der Waals surface area contributed by atoms with Crippen LogP contribution in [0, 0.1) is 5.92 Å². The number of rotatable bonds is 5. The Balaban J connectivity index is 2.89. The summed E-state index contributed by atoms with van der Waals surface area (Å²) in [6.07, 6.45) is 0. The number of nitrogens with one attached hydrogen (secondary N) is 1. The number of thiocarbonyl (C=S) groups is 1. The summed E-state index contributed by atoms with van der Waals surface area (Å²) in [6.45, 7) is 4.30. The Bertz CT molecular complexity index is 493. The Morgan fingerprint density at radius 2 is 1.88 bits per heavy atom. The van der Waals surface area contributed by atoms with E-state index in [1.165, 1.54) is 12.1 Å². The fourth-order valence-corrected chi connectivity index (χ4v) is 2.51. The second-order valence-corrected chi connectivity index (χ2v) is 6.34. The van der Waals surface area contributed by atoms with Crippen LogP contribution in [0.2, 0.25) is 0 Å². The highest BCUT2D eigenvalue weighted by atomic mass is 32.2. The molecule has 1 rings (SSSR count). The zero-order chi connectivity index (χ0) is 13.1. The van der Waals surface area contributed by atoms with Gasteiger partial charge in [0.1, 0.15) is 4.99 Å². The molecule has 0 heterocycles. The Hall–Kier alpha value is -0.980. The number of hydrogen-bond acceptors (Lipinski definition) is 3. The molecule has 0 aliphatic rings. The highest BCUT2D eigenvalue weighted by Crippen LogP contribution is 2.10. The summed E-state index contributed by atoms with van der Waals surface area (Å²) in [4.78, 5) is 0.474. The van der Waals surface area contributed by atoms with Crippen LogP contribution < -0.4 is 10.5 Å². The maximum atomic E-state index is 11.8. The van der Waals surface area contributed by atoms with Crippen LogP contribution >= 0.6 is 12.2 Å². The average molecular weight is 272 g/mol. The maximum absolute atomic E-state index is 11.8. The lowest BCUT2D eigenvalue weighted by molar-refractivity contribution is 0.560. The fourth-order valence-electron chi connectivity index (χ4n) is 1.16. The lowest BCUT2D eigenvalue weighted by atomic mass is 10.2. The van der Waals surface area contributed by atoms with Gasteiger partial charge in [0.15, 0.2) is 0 Å². The molecule has 0 radical (unpaired) electrons. The van der Waals surface area contributed by atoms with Gasteiger partial charge in [-0.25, -0.2) is 13.1 Å². The van der Waals surface area contributed by atoms with Gasteiger partial charge in [0.05, 0.1) is 4.90 Å². The van der Waals surface area contributed by atoms with Crippen molar-refractivity contribution in [1.29, 1.82) is 0 Å². The lowest BCUT2D eigenvalue weighted by Gasteiger charge is -2.09. The van der Waals surface area contributed by atoms with Crippen LogP contribution in [0.5, 0.6) is 0 Å². The van der Waals surface area contributed by atoms with E-state index >= 15 is 0 Å². The first-order chi connectivity index (χ1) is 7.83. The molecule has 1 aromatic carbocycles. The molecule has 0 aliphatic heterocycles. The lowest BCUT2D eigenvalue weighted by Crippen LogP contribution is -2.27. The predicted molar refractivity (Wildman–Crippen MR) is 72.4 cm³/mol. The first kappa shape index (κ1) is 14.1. The van der Waals surface area contributed by atoms with Gasteiger partial charge in [0, 0.05) is 12.1 Å². The van der Waals surface area contributed by atoms with Gasteiger partial charge in [-0.2, -0.15) is 0 Å². The molecule has 0 saturated carbocycles. The molecule has 0 fully saturated rings. The van der Waals surface area contributed by atoms with Crippen molar-refractivity contribution >= 4 is 27.2 Å². The van der Waals surface area contributed by atoms with Crippen LogP contribution in [0.3, 0.4) is 0 Å². The summed E-state index contributed by atoms with van der Waals surface area (Å²) < 4.78 is 26.2. The first-order valence-corrected chi connectivity index (χ1v) is 7.11. The minimum atomic E-state index is -3.43. The summed E-state index contributed by atoms with van der Waals surface area (Å²) in [5, 5.41) is 0. The van der Waals surface area contributed by atoms with Crippen molar-refractivity contribution in [2.24, 2.45) is 11.7 Å². The summed E-state index contributed by atoms with van der Waals surface area (Å²) in [7, 11) is -3.43. The molecular formula is C11H16N2O2S2. The standard InChI is InChI=1S/C11H16N2O2S2/c1-8(2)7-13-17(14,15)10-5-3-9(4-6-10)11(12)16/h3-6,8,13H,7H2,1-2H3,(H2,12,16). The van der Waals surface area contributed by atoms with Crippen molar-refractivity contribution in [3.63, 3.8) is 0 Å². The molecule has 17 heavy (non-hydrogen) atoms. The summed E-state index contributed by atoms with van der Waals surface area (Å²) in [5.41, 5.74) is 6.09. The second-order valence-electron chi connectivity index (χ2n) is 4.13. The molecule has 3 N–H and O–H groups in total. The third-order valence-corrected chi connectivity index (χ3v) is 3.81. The largest absolute Gasteiger partial charge is 0.389 e. The minimum Gasteiger partial charge on any atom is -0.389 e. The smallest absolute Gasteiger partial charge is 0.240 e. The molecule has 0 aliphatic carbocycles. The monoisotopic (exact) mass is 272 g/mol. The van der Waals surface area contributed by atoms with Crippen molar-refractivity contribution in [3.05, 3.63) is 29.8 Å². The van der Waals surface area contributed by atoms with Gasteiger partial charge in [-0.05, 0) is 18.1 Å². The van der Waals surface area contributed by atoms with E-state index < -0.39 is 10.0 Å². The fraction of sp³-hybridized carbons (Fsp3) is 0.364. The van der Waals surface area contributed by atoms with Crippen molar-refractivity contribution in [3.8, 4) is 0 Å². The Labute approximate surface area is 107 Å². The van der Waals surface area contributed by atoms with Crippen LogP contribution in [0.25, 0.3) is 0 Å². The normalized spacial score (nSPS) is 11.7. The average Bonchev–Trinajstić information content (AvgIpc) is 2.27. The van der Waals surface area contributed by atoms with E-state index in [-0.39, 0.29) is 15.8 Å². The maximum Gasteiger partial charge on any atom is 0.240 e. The summed E-state index contributed by atoms with van der Waals surface area (Å²) >= 11 is 4.80. The summed E-state index contributed by atoms with van der Waals surface area (Å²) in [6, 6.07) is 6.20. The van der Waals surface area contributed by atoms with Crippen molar-refractivity contribution in [2.45, 2.75) is 18.7 Å². The molecule has 0 saturated heterocycles. The molecule has 4 nitrogen and oxygen atoms in total. The highest BCUT2D eigenvalue weighted by molar-refractivity contribution is 7.89. The Morgan fingerprint density at radius 1 is 1.35 bits per heavy atom. The van der Waals surface area contributed by atoms with E-state index in [0.29, 0.717) is 12.1 Å². The molecule has 0 aromatic heterocycles. The minimum absolute atomic E-state index is 0.221. The van der Waals surface area contributed by atoms with Gasteiger partial charge in [0.2, 0.25) is 10.0 Å². The quantitative estimate of drug-likeness (QED) is 0.791. The molecule has 0 atom stereocenters. The number of nitrogens with two attached hydrogens (primary N) is 1. The van der Waals surface area contributed by atoms with E-state index in [1.807, 2.05) is 13.8 Å². The Morgan fingerprint density at radius 3 is 2.29 bits per heavy atom. The van der Waals surface area contributed by atoms with E-state index in [9.17, 15) is 8.42 Å². The van der Waals surface area contributed by atoms with E-state index in [2.05, 4.69) is 4.72 Å². The van der Waals surface area contributed by atoms with E-state index in [1.54, 1.807) is 12.1 Å². The molecule has 1 aromatic rings. The van der Waals surface area contributed by atoms with Gasteiger partial charge >= 0.3 is 0 Å². The molecule has 0 amide bonds. The van der Waals surface area contributed by atoms with Gasteiger partial charge < -0.3 is 5.73 Å². The van der Waals surface area contributed by atoms with Crippen LogP contribution in [0.1, 0.15) is 19.4 Å². The van der Waals surface area contributed by atoms with Crippen molar-refractivity contribution in [2.75, 3.05) is 6.54 Å². The van der Waals surface area contributed by atoms with E-state index in [0.717, 1.165) is 0 Å². The third-order valence-electron chi connectivity index (χ3n) is 2.13. The SMILES string of the molecule is CC(C)CNS(=O)(=O)c1ccc(C(N)=S)cc1. The molecular weight excluding hydrogens is 256 g/mol. The second kappa shape index (κ2) is 5.57. The van der Waals surface area contributed by atoms with Crippen LogP contribution in [-0.4, -0.2) is 20.0 Å². The van der Waals surface area contributed by atoms with Crippen LogP contribution in [0.4, 0.5) is 0 Å². The van der Waals surface area contributed by atoms with E-state index in [4.69, 9.17) is 18.0 Å². The molecule has 94 valence electrons. The van der Waals surface area contributed by atoms with Crippen LogP contribution in [-0.2, 0) is 10.0 Å². The first-order valence-electron chi connectivity index (χ1n) is 5.22. The molecule has 0 bridgehead atoms. The highest BCUT2D eigenvalue weighted by Gasteiger charge is 2.13. The number of hydrogen-bond donors (Lipinski definition) is 2. The predicted octanol–water partition coefficient (Wildman–Crippen LogP) is 1.26. The van der Waals surface area contributed by atoms with Crippen LogP contribution in [0.15, 0.2) is 29.2 Å². The zero-order valence-electron chi connectivity index (χ0n) is 9.80. The molecule has 0 unspecified atom stereocenters. The van der Waals surface area contributed by atoms with Gasteiger partial charge in [-0.3, -0.25) is 0 Å². The van der Waals surface area contributed by atoms with Gasteiger partial charge in [-0.1, -0.05) is 38.2 Å². The number of benzene rings is 1. The molecule has 0 spiro atoms. The number of sulfonamides is 1. The van der Waals surface area contributed by atoms with Gasteiger partial charge in [-0.15, -0.1) is 0 Å². The van der Waals surface area contributed by atoms with Crippen molar-refractivity contribution < 1.29 is 8.42 Å². The zero-order valence-corrected chi connectivity index (χ0v) is 11.4. The van der Waals surface area contributed by atoms with Crippen molar-refractivity contribution in [1.82, 2.24) is 4.72 Å². The summed E-state index contributed by atoms with van der Waals surface area (Å²) in [5.74, 6) is 0.265. The van der Waals surface area contributed by atoms with Gasteiger partial charge in [0.25, 0.3) is 0 Å².